The molecule has 0 aliphatic rings. The molecule has 0 amide bonds. The van der Waals surface area contributed by atoms with Gasteiger partial charge < -0.3 is 9.47 Å². The van der Waals surface area contributed by atoms with Gasteiger partial charge in [0.1, 0.15) is 11.5 Å². The van der Waals surface area contributed by atoms with Crippen LogP contribution in [0, 0.1) is 0 Å². The van der Waals surface area contributed by atoms with E-state index < -0.39 is 0 Å². The standard InChI is InChI=1S/C15H22N4O2/c1-4-19-10-11(9-17-19)7-14(18-16)13-6-5-12(20-2)8-15(13)21-3/h5-6,8-10,14,18H,4,7,16H2,1-3H3. The fourth-order valence-corrected chi connectivity index (χ4v) is 2.29. The minimum Gasteiger partial charge on any atom is -0.497 e. The lowest BCUT2D eigenvalue weighted by atomic mass is 10.00. The number of ether oxygens (including phenoxy) is 2. The van der Waals surface area contributed by atoms with E-state index in [0.717, 1.165) is 35.6 Å². The smallest absolute Gasteiger partial charge is 0.127 e. The average Bonchev–Trinajstić information content (AvgIpc) is 2.99. The first-order valence-electron chi connectivity index (χ1n) is 6.91. The lowest BCUT2D eigenvalue weighted by molar-refractivity contribution is 0.384. The molecule has 6 nitrogen and oxygen atoms in total. The second-order valence-corrected chi connectivity index (χ2v) is 4.74. The van der Waals surface area contributed by atoms with Gasteiger partial charge in [-0.3, -0.25) is 16.0 Å². The molecule has 0 aliphatic heterocycles. The summed E-state index contributed by atoms with van der Waals surface area (Å²) >= 11 is 0. The van der Waals surface area contributed by atoms with E-state index in [1.807, 2.05) is 35.3 Å². The number of nitrogens with zero attached hydrogens (tertiary/aromatic N) is 2. The maximum absolute atomic E-state index is 5.72. The first-order chi connectivity index (χ1) is 10.2. The molecule has 3 N–H and O–H groups in total. The Morgan fingerprint density at radius 1 is 1.33 bits per heavy atom. The van der Waals surface area contributed by atoms with Crippen LogP contribution in [0.5, 0.6) is 11.5 Å². The quantitative estimate of drug-likeness (QED) is 0.599. The van der Waals surface area contributed by atoms with Crippen molar-refractivity contribution < 1.29 is 9.47 Å². The number of aryl methyl sites for hydroxylation is 1. The molecule has 1 unspecified atom stereocenters. The van der Waals surface area contributed by atoms with Gasteiger partial charge in [0.05, 0.1) is 26.5 Å². The van der Waals surface area contributed by atoms with Crippen LogP contribution in [0.15, 0.2) is 30.6 Å². The van der Waals surface area contributed by atoms with Crippen molar-refractivity contribution in [2.75, 3.05) is 14.2 Å². The lowest BCUT2D eigenvalue weighted by Gasteiger charge is -2.19. The summed E-state index contributed by atoms with van der Waals surface area (Å²) in [7, 11) is 3.27. The highest BCUT2D eigenvalue weighted by molar-refractivity contribution is 5.43. The maximum atomic E-state index is 5.72. The number of benzene rings is 1. The Kier molecular flexibility index (Phi) is 5.19. The molecule has 1 aromatic heterocycles. The van der Waals surface area contributed by atoms with Gasteiger partial charge in [-0.15, -0.1) is 0 Å². The summed E-state index contributed by atoms with van der Waals surface area (Å²) in [5, 5.41) is 4.28. The zero-order chi connectivity index (χ0) is 15.2. The Balaban J connectivity index is 2.24. The molecule has 2 rings (SSSR count). The van der Waals surface area contributed by atoms with E-state index in [1.54, 1.807) is 14.2 Å². The van der Waals surface area contributed by atoms with Crippen molar-refractivity contribution in [2.24, 2.45) is 5.84 Å². The Hall–Kier alpha value is -2.05. The van der Waals surface area contributed by atoms with Gasteiger partial charge >= 0.3 is 0 Å². The van der Waals surface area contributed by atoms with Crippen LogP contribution >= 0.6 is 0 Å². The summed E-state index contributed by atoms with van der Waals surface area (Å²) < 4.78 is 12.6. The van der Waals surface area contributed by atoms with E-state index in [9.17, 15) is 0 Å². The van der Waals surface area contributed by atoms with E-state index in [1.165, 1.54) is 0 Å². The van der Waals surface area contributed by atoms with Crippen LogP contribution < -0.4 is 20.7 Å². The van der Waals surface area contributed by atoms with Crippen molar-refractivity contribution in [1.82, 2.24) is 15.2 Å². The number of methoxy groups -OCH3 is 2. The molecule has 0 saturated carbocycles. The third kappa shape index (κ3) is 3.53. The van der Waals surface area contributed by atoms with Crippen LogP contribution in [0.1, 0.15) is 24.1 Å². The van der Waals surface area contributed by atoms with Gasteiger partial charge in [0.2, 0.25) is 0 Å². The van der Waals surface area contributed by atoms with Crippen molar-refractivity contribution >= 4 is 0 Å². The molecule has 0 fully saturated rings. The molecular formula is C15H22N4O2. The van der Waals surface area contributed by atoms with Crippen LogP contribution in [-0.4, -0.2) is 24.0 Å². The summed E-state index contributed by atoms with van der Waals surface area (Å²) in [5.74, 6) is 7.23. The van der Waals surface area contributed by atoms with Crippen LogP contribution in [0.25, 0.3) is 0 Å². The van der Waals surface area contributed by atoms with Crippen molar-refractivity contribution in [2.45, 2.75) is 25.9 Å². The lowest BCUT2D eigenvalue weighted by Crippen LogP contribution is -2.29. The normalized spacial score (nSPS) is 12.2. The summed E-state index contributed by atoms with van der Waals surface area (Å²) in [4.78, 5) is 0. The third-order valence-electron chi connectivity index (χ3n) is 3.47. The van der Waals surface area contributed by atoms with Gasteiger partial charge in [0.15, 0.2) is 0 Å². The topological polar surface area (TPSA) is 74.3 Å². The number of rotatable bonds is 7. The predicted molar refractivity (Wildman–Crippen MR) is 81.2 cm³/mol. The molecule has 0 bridgehead atoms. The van der Waals surface area contributed by atoms with Gasteiger partial charge in [-0.2, -0.15) is 5.10 Å². The number of hydrogen-bond acceptors (Lipinski definition) is 5. The largest absolute Gasteiger partial charge is 0.497 e. The van der Waals surface area contributed by atoms with Crippen LogP contribution in [-0.2, 0) is 13.0 Å². The fourth-order valence-electron chi connectivity index (χ4n) is 2.29. The third-order valence-corrected chi connectivity index (χ3v) is 3.47. The number of nitrogens with one attached hydrogen (secondary N) is 1. The van der Waals surface area contributed by atoms with E-state index in [0.29, 0.717) is 0 Å². The minimum atomic E-state index is -0.0552. The monoisotopic (exact) mass is 290 g/mol. The second-order valence-electron chi connectivity index (χ2n) is 4.74. The van der Waals surface area contributed by atoms with Gasteiger partial charge in [-0.25, -0.2) is 0 Å². The van der Waals surface area contributed by atoms with Gasteiger partial charge in [-0.05, 0) is 25.0 Å². The number of nitrogens with two attached hydrogens (primary N) is 1. The summed E-state index contributed by atoms with van der Waals surface area (Å²) in [6, 6.07) is 5.67. The SMILES string of the molecule is CCn1cc(CC(NN)c2ccc(OC)cc2OC)cn1. The molecule has 21 heavy (non-hydrogen) atoms. The molecule has 114 valence electrons. The predicted octanol–water partition coefficient (Wildman–Crippen LogP) is 1.67. The van der Waals surface area contributed by atoms with Crippen LogP contribution in [0.4, 0.5) is 0 Å². The molecule has 2 aromatic rings. The molecule has 1 heterocycles. The van der Waals surface area contributed by atoms with E-state index in [2.05, 4.69) is 17.4 Å². The number of aromatic nitrogens is 2. The van der Waals surface area contributed by atoms with E-state index in [4.69, 9.17) is 15.3 Å². The van der Waals surface area contributed by atoms with Crippen molar-refractivity contribution in [3.05, 3.63) is 41.7 Å². The number of hydrogen-bond donors (Lipinski definition) is 2. The van der Waals surface area contributed by atoms with Crippen LogP contribution in [0.2, 0.25) is 0 Å². The molecule has 0 radical (unpaired) electrons. The zero-order valence-electron chi connectivity index (χ0n) is 12.7. The van der Waals surface area contributed by atoms with E-state index in [-0.39, 0.29) is 6.04 Å². The molecular weight excluding hydrogens is 268 g/mol. The molecule has 1 aromatic carbocycles. The molecule has 1 atom stereocenters. The first-order valence-corrected chi connectivity index (χ1v) is 6.91. The summed E-state index contributed by atoms with van der Waals surface area (Å²) in [5.41, 5.74) is 4.96. The highest BCUT2D eigenvalue weighted by atomic mass is 16.5. The number of hydrazine groups is 1. The zero-order valence-corrected chi connectivity index (χ0v) is 12.7. The molecule has 0 saturated heterocycles. The van der Waals surface area contributed by atoms with Crippen molar-refractivity contribution in [3.8, 4) is 11.5 Å². The van der Waals surface area contributed by atoms with Gasteiger partial charge in [0.25, 0.3) is 0 Å². The maximum Gasteiger partial charge on any atom is 0.127 e. The Bertz CT molecular complexity index is 583. The van der Waals surface area contributed by atoms with Gasteiger partial charge in [-0.1, -0.05) is 6.07 Å². The van der Waals surface area contributed by atoms with Crippen molar-refractivity contribution in [1.29, 1.82) is 0 Å². The van der Waals surface area contributed by atoms with Crippen molar-refractivity contribution in [3.63, 3.8) is 0 Å². The summed E-state index contributed by atoms with van der Waals surface area (Å²) in [6.45, 7) is 2.91. The molecule has 0 aliphatic carbocycles. The highest BCUT2D eigenvalue weighted by Crippen LogP contribution is 2.30. The van der Waals surface area contributed by atoms with E-state index >= 15 is 0 Å². The molecule has 6 heteroatoms. The van der Waals surface area contributed by atoms with Crippen LogP contribution in [0.3, 0.4) is 0 Å². The Labute approximate surface area is 124 Å². The highest BCUT2D eigenvalue weighted by Gasteiger charge is 2.17. The summed E-state index contributed by atoms with van der Waals surface area (Å²) in [6.07, 6.45) is 4.63. The average molecular weight is 290 g/mol. The minimum absolute atomic E-state index is 0.0552. The first kappa shape index (κ1) is 15.3. The molecule has 0 spiro atoms. The fraction of sp³-hybridized carbons (Fsp3) is 0.400. The Morgan fingerprint density at radius 3 is 2.71 bits per heavy atom. The van der Waals surface area contributed by atoms with Gasteiger partial charge in [0, 0.05) is 24.4 Å². The Morgan fingerprint density at radius 2 is 2.14 bits per heavy atom. The second kappa shape index (κ2) is 7.10.